The molecule has 1 atom stereocenters. The van der Waals surface area contributed by atoms with E-state index in [0.29, 0.717) is 17.0 Å². The van der Waals surface area contributed by atoms with Crippen molar-refractivity contribution in [2.45, 2.75) is 38.6 Å². The van der Waals surface area contributed by atoms with Crippen LogP contribution in [-0.2, 0) is 6.42 Å². The molecule has 0 saturated carbocycles. The second-order valence-corrected chi connectivity index (χ2v) is 4.83. The second-order valence-electron chi connectivity index (χ2n) is 4.42. The summed E-state index contributed by atoms with van der Waals surface area (Å²) in [5.74, 6) is -0.218. The molecule has 1 aromatic rings. The molecule has 1 rings (SSSR count). The first-order chi connectivity index (χ1) is 8.69. The van der Waals surface area contributed by atoms with Crippen LogP contribution in [0.3, 0.4) is 0 Å². The third-order valence-electron chi connectivity index (χ3n) is 2.91. The third kappa shape index (κ3) is 4.79. The van der Waals surface area contributed by atoms with Gasteiger partial charge in [-0.3, -0.25) is 0 Å². The van der Waals surface area contributed by atoms with Crippen molar-refractivity contribution in [1.29, 1.82) is 0 Å². The Balaban J connectivity index is 2.71. The molecule has 100 valence electrons. The molecule has 0 aromatic heterocycles. The van der Waals surface area contributed by atoms with Crippen molar-refractivity contribution < 1.29 is 4.39 Å². The van der Waals surface area contributed by atoms with Gasteiger partial charge in [-0.2, -0.15) is 0 Å². The van der Waals surface area contributed by atoms with Crippen LogP contribution in [0, 0.1) is 5.82 Å². The van der Waals surface area contributed by atoms with E-state index in [-0.39, 0.29) is 11.9 Å². The van der Waals surface area contributed by atoms with Crippen LogP contribution < -0.4 is 5.32 Å². The first kappa shape index (κ1) is 15.2. The number of benzene rings is 1. The summed E-state index contributed by atoms with van der Waals surface area (Å²) in [5, 5.41) is 3.95. The lowest BCUT2D eigenvalue weighted by Crippen LogP contribution is -2.32. The zero-order valence-electron chi connectivity index (χ0n) is 10.9. The van der Waals surface area contributed by atoms with Crippen LogP contribution in [0.5, 0.6) is 0 Å². The molecular weight excluding hydrogens is 249 g/mol. The van der Waals surface area contributed by atoms with Gasteiger partial charge in [-0.15, -0.1) is 6.58 Å². The van der Waals surface area contributed by atoms with E-state index in [0.717, 1.165) is 25.8 Å². The molecule has 3 heteroatoms. The standard InChI is InChI=1S/C15H21ClFN/c1-3-5-7-12(18-10-4-2)11-13-14(16)8-6-9-15(13)17/h3,6,8-9,12,18H,1,4-5,7,10-11H2,2H3. The highest BCUT2D eigenvalue weighted by Crippen LogP contribution is 2.21. The molecule has 0 amide bonds. The fourth-order valence-electron chi connectivity index (χ4n) is 1.92. The van der Waals surface area contributed by atoms with Crippen molar-refractivity contribution in [3.8, 4) is 0 Å². The van der Waals surface area contributed by atoms with Crippen molar-refractivity contribution in [3.63, 3.8) is 0 Å². The zero-order valence-corrected chi connectivity index (χ0v) is 11.6. The summed E-state index contributed by atoms with van der Waals surface area (Å²) in [6.07, 6.45) is 5.46. The molecule has 1 aromatic carbocycles. The molecule has 0 aliphatic carbocycles. The average Bonchev–Trinajstić information content (AvgIpc) is 2.36. The minimum atomic E-state index is -0.218. The van der Waals surface area contributed by atoms with Gasteiger partial charge in [0.15, 0.2) is 0 Å². The number of halogens is 2. The largest absolute Gasteiger partial charge is 0.314 e. The highest BCUT2D eigenvalue weighted by Gasteiger charge is 2.13. The Hall–Kier alpha value is -0.860. The van der Waals surface area contributed by atoms with Gasteiger partial charge in [0.25, 0.3) is 0 Å². The van der Waals surface area contributed by atoms with Gasteiger partial charge < -0.3 is 5.32 Å². The summed E-state index contributed by atoms with van der Waals surface area (Å²) in [4.78, 5) is 0. The van der Waals surface area contributed by atoms with Crippen LogP contribution in [0.15, 0.2) is 30.9 Å². The van der Waals surface area contributed by atoms with Gasteiger partial charge >= 0.3 is 0 Å². The van der Waals surface area contributed by atoms with Crippen molar-refractivity contribution >= 4 is 11.6 Å². The minimum absolute atomic E-state index is 0.218. The normalized spacial score (nSPS) is 12.4. The number of hydrogen-bond acceptors (Lipinski definition) is 1. The SMILES string of the molecule is C=CCCC(Cc1c(F)cccc1Cl)NCCC. The number of nitrogens with one attached hydrogen (secondary N) is 1. The van der Waals surface area contributed by atoms with Crippen molar-refractivity contribution in [3.05, 3.63) is 47.3 Å². The minimum Gasteiger partial charge on any atom is -0.314 e. The maximum Gasteiger partial charge on any atom is 0.127 e. The van der Waals surface area contributed by atoms with E-state index in [1.54, 1.807) is 12.1 Å². The maximum absolute atomic E-state index is 13.7. The lowest BCUT2D eigenvalue weighted by molar-refractivity contribution is 0.471. The Bertz CT molecular complexity index is 359. The molecule has 0 heterocycles. The van der Waals surface area contributed by atoms with E-state index < -0.39 is 0 Å². The summed E-state index contributed by atoms with van der Waals surface area (Å²) >= 11 is 6.05. The summed E-state index contributed by atoms with van der Waals surface area (Å²) in [5.41, 5.74) is 0.608. The molecule has 0 radical (unpaired) electrons. The first-order valence-corrected chi connectivity index (χ1v) is 6.84. The summed E-state index contributed by atoms with van der Waals surface area (Å²) in [6.45, 7) is 6.78. The molecule has 0 saturated heterocycles. The molecule has 0 fully saturated rings. The molecule has 0 aliphatic heterocycles. The second kappa shape index (κ2) is 8.28. The molecular formula is C15H21ClFN. The monoisotopic (exact) mass is 269 g/mol. The van der Waals surface area contributed by atoms with Crippen LogP contribution in [0.2, 0.25) is 5.02 Å². The fourth-order valence-corrected chi connectivity index (χ4v) is 2.16. The lowest BCUT2D eigenvalue weighted by Gasteiger charge is -2.19. The van der Waals surface area contributed by atoms with Crippen LogP contribution in [0.4, 0.5) is 4.39 Å². The summed E-state index contributed by atoms with van der Waals surface area (Å²) < 4.78 is 13.7. The Morgan fingerprint density at radius 3 is 2.89 bits per heavy atom. The molecule has 18 heavy (non-hydrogen) atoms. The van der Waals surface area contributed by atoms with Crippen LogP contribution in [-0.4, -0.2) is 12.6 Å². The summed E-state index contributed by atoms with van der Waals surface area (Å²) in [7, 11) is 0. The van der Waals surface area contributed by atoms with Crippen LogP contribution in [0.1, 0.15) is 31.7 Å². The van der Waals surface area contributed by atoms with E-state index in [1.165, 1.54) is 6.07 Å². The first-order valence-electron chi connectivity index (χ1n) is 6.46. The van der Waals surface area contributed by atoms with Crippen LogP contribution >= 0.6 is 11.6 Å². The smallest absolute Gasteiger partial charge is 0.127 e. The molecule has 0 aliphatic rings. The molecule has 0 bridgehead atoms. The Labute approximate surface area is 114 Å². The zero-order chi connectivity index (χ0) is 13.4. The van der Waals surface area contributed by atoms with Gasteiger partial charge in [0.1, 0.15) is 5.82 Å². The quantitative estimate of drug-likeness (QED) is 0.692. The van der Waals surface area contributed by atoms with Crippen molar-refractivity contribution in [1.82, 2.24) is 5.32 Å². The Kier molecular flexibility index (Phi) is 6.99. The topological polar surface area (TPSA) is 12.0 Å². The highest BCUT2D eigenvalue weighted by molar-refractivity contribution is 6.31. The van der Waals surface area contributed by atoms with E-state index in [1.807, 2.05) is 6.08 Å². The highest BCUT2D eigenvalue weighted by atomic mass is 35.5. The van der Waals surface area contributed by atoms with Gasteiger partial charge in [-0.1, -0.05) is 30.7 Å². The van der Waals surface area contributed by atoms with Gasteiger partial charge in [-0.25, -0.2) is 4.39 Å². The van der Waals surface area contributed by atoms with Crippen molar-refractivity contribution in [2.75, 3.05) is 6.54 Å². The molecule has 1 unspecified atom stereocenters. The fraction of sp³-hybridized carbons (Fsp3) is 0.467. The summed E-state index contributed by atoms with van der Waals surface area (Å²) in [6, 6.07) is 5.09. The molecule has 1 N–H and O–H groups in total. The Morgan fingerprint density at radius 1 is 1.50 bits per heavy atom. The van der Waals surface area contributed by atoms with E-state index >= 15 is 0 Å². The van der Waals surface area contributed by atoms with Crippen molar-refractivity contribution in [2.24, 2.45) is 0 Å². The third-order valence-corrected chi connectivity index (χ3v) is 3.27. The van der Waals surface area contributed by atoms with E-state index in [2.05, 4.69) is 18.8 Å². The average molecular weight is 270 g/mol. The van der Waals surface area contributed by atoms with Crippen LogP contribution in [0.25, 0.3) is 0 Å². The predicted molar refractivity (Wildman–Crippen MR) is 76.6 cm³/mol. The molecule has 1 nitrogen and oxygen atoms in total. The lowest BCUT2D eigenvalue weighted by atomic mass is 10.0. The predicted octanol–water partition coefficient (Wildman–Crippen LogP) is 4.36. The maximum atomic E-state index is 13.7. The number of hydrogen-bond donors (Lipinski definition) is 1. The van der Waals surface area contributed by atoms with Gasteiger partial charge in [0, 0.05) is 16.6 Å². The van der Waals surface area contributed by atoms with Gasteiger partial charge in [-0.05, 0) is 44.4 Å². The van der Waals surface area contributed by atoms with Gasteiger partial charge in [0.05, 0.1) is 0 Å². The Morgan fingerprint density at radius 2 is 2.28 bits per heavy atom. The number of rotatable bonds is 8. The van der Waals surface area contributed by atoms with E-state index in [4.69, 9.17) is 11.6 Å². The molecule has 0 spiro atoms. The van der Waals surface area contributed by atoms with E-state index in [9.17, 15) is 4.39 Å². The number of allylic oxidation sites excluding steroid dienone is 1. The van der Waals surface area contributed by atoms with Gasteiger partial charge in [0.2, 0.25) is 0 Å².